The molecule has 8 heteroatoms. The second-order valence-electron chi connectivity index (χ2n) is 5.20. The number of hydrogen-bond donors (Lipinski definition) is 1. The Kier molecular flexibility index (Phi) is 5.07. The minimum absolute atomic E-state index is 0.0901. The van der Waals surface area contributed by atoms with Gasteiger partial charge in [0.25, 0.3) is 5.56 Å². The molecule has 1 aromatic carbocycles. The molecular formula is C16H14BrN3O2S2. The average Bonchev–Trinajstić information content (AvgIpc) is 3.01. The maximum absolute atomic E-state index is 12.2. The van der Waals surface area contributed by atoms with Crippen molar-refractivity contribution in [1.29, 1.82) is 0 Å². The highest BCUT2D eigenvalue weighted by Gasteiger charge is 2.12. The summed E-state index contributed by atoms with van der Waals surface area (Å²) in [5.74, 6) is 0.0500. The number of aryl methyl sites for hydroxylation is 1. The summed E-state index contributed by atoms with van der Waals surface area (Å²) in [6.45, 7) is 1.96. The monoisotopic (exact) mass is 423 g/mol. The smallest absolute Gasteiger partial charge is 0.262 e. The van der Waals surface area contributed by atoms with Crippen LogP contribution in [0.1, 0.15) is 5.56 Å². The van der Waals surface area contributed by atoms with E-state index in [9.17, 15) is 9.59 Å². The second kappa shape index (κ2) is 7.08. The molecule has 0 unspecified atom stereocenters. The van der Waals surface area contributed by atoms with E-state index < -0.39 is 0 Å². The van der Waals surface area contributed by atoms with Gasteiger partial charge >= 0.3 is 0 Å². The first-order valence-corrected chi connectivity index (χ1v) is 9.74. The molecule has 0 aliphatic heterocycles. The van der Waals surface area contributed by atoms with E-state index in [1.165, 1.54) is 27.7 Å². The lowest BCUT2D eigenvalue weighted by Crippen LogP contribution is -2.20. The molecule has 0 spiro atoms. The zero-order valence-electron chi connectivity index (χ0n) is 13.0. The van der Waals surface area contributed by atoms with Crippen molar-refractivity contribution in [2.75, 3.05) is 11.1 Å². The van der Waals surface area contributed by atoms with Crippen molar-refractivity contribution < 1.29 is 4.79 Å². The molecule has 0 bridgehead atoms. The third-order valence-electron chi connectivity index (χ3n) is 3.44. The van der Waals surface area contributed by atoms with Crippen LogP contribution in [-0.2, 0) is 11.8 Å². The molecule has 5 nitrogen and oxygen atoms in total. The third-order valence-corrected chi connectivity index (χ3v) is 6.16. The van der Waals surface area contributed by atoms with E-state index in [2.05, 4.69) is 26.2 Å². The molecule has 3 aromatic rings. The van der Waals surface area contributed by atoms with Crippen LogP contribution in [0.4, 0.5) is 5.69 Å². The molecule has 0 saturated carbocycles. The molecule has 1 amide bonds. The molecule has 24 heavy (non-hydrogen) atoms. The Morgan fingerprint density at radius 3 is 2.96 bits per heavy atom. The number of amides is 1. The van der Waals surface area contributed by atoms with Crippen LogP contribution in [0.2, 0.25) is 0 Å². The number of fused-ring (bicyclic) bond motifs is 1. The molecule has 2 heterocycles. The van der Waals surface area contributed by atoms with Crippen LogP contribution in [0.15, 0.2) is 44.1 Å². The van der Waals surface area contributed by atoms with Crippen molar-refractivity contribution in [2.24, 2.45) is 7.05 Å². The summed E-state index contributed by atoms with van der Waals surface area (Å²) in [5.41, 5.74) is 1.71. The van der Waals surface area contributed by atoms with E-state index in [1.807, 2.05) is 30.5 Å². The summed E-state index contributed by atoms with van der Waals surface area (Å²) < 4.78 is 2.48. The van der Waals surface area contributed by atoms with Crippen LogP contribution >= 0.6 is 39.0 Å². The molecule has 2 aromatic heterocycles. The van der Waals surface area contributed by atoms with Gasteiger partial charge in [-0.05, 0) is 42.1 Å². The maximum Gasteiger partial charge on any atom is 0.262 e. The lowest BCUT2D eigenvalue weighted by atomic mass is 10.2. The molecule has 0 saturated heterocycles. The molecule has 1 N–H and O–H groups in total. The molecule has 0 radical (unpaired) electrons. The number of halogens is 1. The number of nitrogens with one attached hydrogen (secondary N) is 1. The number of hydrogen-bond acceptors (Lipinski definition) is 5. The van der Waals surface area contributed by atoms with Gasteiger partial charge < -0.3 is 5.32 Å². The van der Waals surface area contributed by atoms with Gasteiger partial charge in [-0.25, -0.2) is 4.98 Å². The molecule has 0 fully saturated rings. The van der Waals surface area contributed by atoms with Gasteiger partial charge in [-0.3, -0.25) is 14.2 Å². The second-order valence-corrected chi connectivity index (χ2v) is 7.89. The van der Waals surface area contributed by atoms with E-state index in [0.29, 0.717) is 15.4 Å². The Morgan fingerprint density at radius 1 is 1.42 bits per heavy atom. The molecule has 0 atom stereocenters. The highest BCUT2D eigenvalue weighted by molar-refractivity contribution is 9.10. The van der Waals surface area contributed by atoms with Crippen molar-refractivity contribution >= 4 is 60.8 Å². The lowest BCUT2D eigenvalue weighted by Gasteiger charge is -2.08. The van der Waals surface area contributed by atoms with Crippen molar-refractivity contribution in [1.82, 2.24) is 9.55 Å². The minimum Gasteiger partial charge on any atom is -0.325 e. The van der Waals surface area contributed by atoms with E-state index >= 15 is 0 Å². The summed E-state index contributed by atoms with van der Waals surface area (Å²) in [6, 6.07) is 7.41. The predicted octanol–water partition coefficient (Wildman–Crippen LogP) is 3.80. The van der Waals surface area contributed by atoms with E-state index in [1.54, 1.807) is 13.1 Å². The van der Waals surface area contributed by atoms with Gasteiger partial charge in [-0.15, -0.1) is 11.3 Å². The predicted molar refractivity (Wildman–Crippen MR) is 103 cm³/mol. The Hall–Kier alpha value is -1.64. The first kappa shape index (κ1) is 17.2. The highest BCUT2D eigenvalue weighted by atomic mass is 79.9. The third kappa shape index (κ3) is 3.55. The first-order chi connectivity index (χ1) is 11.5. The number of thiophene rings is 1. The average molecular weight is 424 g/mol. The number of thioether (sulfide) groups is 1. The van der Waals surface area contributed by atoms with Gasteiger partial charge in [0.05, 0.1) is 11.1 Å². The normalized spacial score (nSPS) is 11.0. The number of anilines is 1. The van der Waals surface area contributed by atoms with Gasteiger partial charge in [0.15, 0.2) is 5.16 Å². The Bertz CT molecular complexity index is 981. The molecular weight excluding hydrogens is 410 g/mol. The van der Waals surface area contributed by atoms with Crippen molar-refractivity contribution in [3.8, 4) is 0 Å². The number of rotatable bonds is 4. The van der Waals surface area contributed by atoms with Crippen LogP contribution in [0, 0.1) is 6.92 Å². The van der Waals surface area contributed by atoms with E-state index in [-0.39, 0.29) is 17.2 Å². The summed E-state index contributed by atoms with van der Waals surface area (Å²) in [7, 11) is 1.67. The largest absolute Gasteiger partial charge is 0.325 e. The zero-order chi connectivity index (χ0) is 17.3. The molecule has 124 valence electrons. The number of benzene rings is 1. The first-order valence-electron chi connectivity index (χ1n) is 7.09. The van der Waals surface area contributed by atoms with Gasteiger partial charge in [0.1, 0.15) is 4.83 Å². The molecule has 0 aliphatic carbocycles. The minimum atomic E-state index is -0.137. The fourth-order valence-corrected chi connectivity index (χ4v) is 3.98. The molecule has 3 rings (SSSR count). The van der Waals surface area contributed by atoms with Crippen LogP contribution < -0.4 is 10.9 Å². The van der Waals surface area contributed by atoms with E-state index in [4.69, 9.17) is 0 Å². The topological polar surface area (TPSA) is 64.0 Å². The summed E-state index contributed by atoms with van der Waals surface area (Å²) >= 11 is 6.10. The van der Waals surface area contributed by atoms with Crippen molar-refractivity contribution in [3.63, 3.8) is 0 Å². The van der Waals surface area contributed by atoms with Crippen molar-refractivity contribution in [3.05, 3.63) is 50.0 Å². The summed E-state index contributed by atoms with van der Waals surface area (Å²) in [6.07, 6.45) is 0. The lowest BCUT2D eigenvalue weighted by molar-refractivity contribution is -0.113. The number of carbonyl (C=O) groups is 1. The summed E-state index contributed by atoms with van der Waals surface area (Å²) in [4.78, 5) is 29.5. The van der Waals surface area contributed by atoms with Gasteiger partial charge in [0.2, 0.25) is 5.91 Å². The zero-order valence-corrected chi connectivity index (χ0v) is 16.2. The van der Waals surface area contributed by atoms with Crippen LogP contribution in [0.3, 0.4) is 0 Å². The number of aromatic nitrogens is 2. The Morgan fingerprint density at radius 2 is 2.21 bits per heavy atom. The van der Waals surface area contributed by atoms with Crippen LogP contribution in [0.5, 0.6) is 0 Å². The Labute approximate surface area is 155 Å². The van der Waals surface area contributed by atoms with Crippen LogP contribution in [-0.4, -0.2) is 21.2 Å². The summed E-state index contributed by atoms with van der Waals surface area (Å²) in [5, 5.41) is 5.85. The van der Waals surface area contributed by atoms with Gasteiger partial charge in [-0.2, -0.15) is 0 Å². The maximum atomic E-state index is 12.2. The van der Waals surface area contributed by atoms with Gasteiger partial charge in [0, 0.05) is 17.2 Å². The number of carbonyl (C=O) groups excluding carboxylic acids is 1. The SMILES string of the molecule is Cc1cc(NC(=O)CSc2nc3sccc3c(=O)n2C)ccc1Br. The standard InChI is InChI=1S/C16H14BrN3O2S2/c1-9-7-10(3-4-12(9)17)18-13(21)8-24-16-19-14-11(5-6-23-14)15(22)20(16)2/h3-7H,8H2,1-2H3,(H,18,21). The number of nitrogens with zero attached hydrogens (tertiary/aromatic N) is 2. The Balaban J connectivity index is 1.71. The fourth-order valence-electron chi connectivity index (χ4n) is 2.16. The van der Waals surface area contributed by atoms with E-state index in [0.717, 1.165) is 15.7 Å². The van der Waals surface area contributed by atoms with Gasteiger partial charge in [-0.1, -0.05) is 27.7 Å². The van der Waals surface area contributed by atoms with Crippen molar-refractivity contribution in [2.45, 2.75) is 12.1 Å². The highest BCUT2D eigenvalue weighted by Crippen LogP contribution is 2.22. The fraction of sp³-hybridized carbons (Fsp3) is 0.188. The molecule has 0 aliphatic rings. The quantitative estimate of drug-likeness (QED) is 0.511. The van der Waals surface area contributed by atoms with Crippen LogP contribution in [0.25, 0.3) is 10.2 Å².